The number of carboxylic acids is 1. The monoisotopic (exact) mass is 317 g/mol. The fourth-order valence-electron chi connectivity index (χ4n) is 3.04. The Bertz CT molecular complexity index is 621. The zero-order valence-corrected chi connectivity index (χ0v) is 12.7. The number of piperidine rings is 1. The fraction of sp³-hybridized carbons (Fsp3) is 0.438. The second-order valence-corrected chi connectivity index (χ2v) is 5.87. The molecule has 122 valence electrons. The van der Waals surface area contributed by atoms with Crippen LogP contribution in [0.3, 0.4) is 0 Å². The molecular weight excluding hydrogens is 298 g/mol. The Labute approximate surface area is 133 Å². The van der Waals surface area contributed by atoms with Crippen molar-refractivity contribution < 1.29 is 19.5 Å². The van der Waals surface area contributed by atoms with Gasteiger partial charge in [-0.3, -0.25) is 19.8 Å². The van der Waals surface area contributed by atoms with Gasteiger partial charge in [-0.05, 0) is 37.1 Å². The number of hydrogen-bond donors (Lipinski definition) is 2. The third-order valence-electron chi connectivity index (χ3n) is 4.42. The van der Waals surface area contributed by atoms with Gasteiger partial charge in [0.1, 0.15) is 0 Å². The maximum Gasteiger partial charge on any atom is 0.328 e. The molecule has 3 amide bonds. The van der Waals surface area contributed by atoms with Crippen LogP contribution in [-0.2, 0) is 9.59 Å². The molecule has 2 N–H and O–H groups in total. The van der Waals surface area contributed by atoms with Gasteiger partial charge in [0.25, 0.3) is 0 Å². The molecule has 2 aliphatic heterocycles. The highest BCUT2D eigenvalue weighted by atomic mass is 16.4. The van der Waals surface area contributed by atoms with Crippen LogP contribution < -0.4 is 15.1 Å². The molecule has 0 spiro atoms. The summed E-state index contributed by atoms with van der Waals surface area (Å²) in [5.41, 5.74) is 1.77. The summed E-state index contributed by atoms with van der Waals surface area (Å²) < 4.78 is 0. The summed E-state index contributed by atoms with van der Waals surface area (Å²) in [6.45, 7) is 1.82. The average molecular weight is 317 g/mol. The average Bonchev–Trinajstić information content (AvgIpc) is 2.55. The van der Waals surface area contributed by atoms with E-state index in [1.165, 1.54) is 0 Å². The number of amides is 3. The second kappa shape index (κ2) is 6.28. The van der Waals surface area contributed by atoms with Gasteiger partial charge >= 0.3 is 12.0 Å². The molecule has 0 aliphatic carbocycles. The summed E-state index contributed by atoms with van der Waals surface area (Å²) in [7, 11) is 0. The zero-order valence-electron chi connectivity index (χ0n) is 12.7. The van der Waals surface area contributed by atoms with Crippen molar-refractivity contribution in [3.63, 3.8) is 0 Å². The van der Waals surface area contributed by atoms with Crippen LogP contribution in [0.4, 0.5) is 16.2 Å². The Morgan fingerprint density at radius 1 is 1.04 bits per heavy atom. The van der Waals surface area contributed by atoms with Crippen molar-refractivity contribution in [2.24, 2.45) is 5.92 Å². The number of anilines is 2. The molecule has 2 fully saturated rings. The topological polar surface area (TPSA) is 90.0 Å². The van der Waals surface area contributed by atoms with Gasteiger partial charge in [-0.2, -0.15) is 0 Å². The smallest absolute Gasteiger partial charge is 0.328 e. The van der Waals surface area contributed by atoms with Crippen molar-refractivity contribution in [1.29, 1.82) is 0 Å². The summed E-state index contributed by atoms with van der Waals surface area (Å²) in [6, 6.07) is 7.18. The van der Waals surface area contributed by atoms with Gasteiger partial charge in [-0.25, -0.2) is 4.79 Å². The number of carbonyl (C=O) groups excluding carboxylic acids is 2. The lowest BCUT2D eigenvalue weighted by Gasteiger charge is -2.32. The highest BCUT2D eigenvalue weighted by Crippen LogP contribution is 2.26. The SMILES string of the molecule is O=C1CCN(c2ccc(N3CCC(C(=O)O)CC3)cc2)C(=O)N1. The normalized spacial score (nSPS) is 19.7. The summed E-state index contributed by atoms with van der Waals surface area (Å²) >= 11 is 0. The van der Waals surface area contributed by atoms with Gasteiger partial charge in [0.05, 0.1) is 5.92 Å². The first-order chi connectivity index (χ1) is 11.0. The highest BCUT2D eigenvalue weighted by Gasteiger charge is 2.26. The van der Waals surface area contributed by atoms with Crippen LogP contribution in [-0.4, -0.2) is 42.6 Å². The molecule has 0 aromatic heterocycles. The Balaban J connectivity index is 1.65. The van der Waals surface area contributed by atoms with E-state index in [2.05, 4.69) is 10.2 Å². The Morgan fingerprint density at radius 2 is 1.65 bits per heavy atom. The number of carboxylic acid groups (broad SMARTS) is 1. The molecule has 7 heteroatoms. The molecule has 0 unspecified atom stereocenters. The fourth-order valence-corrected chi connectivity index (χ4v) is 3.04. The highest BCUT2D eigenvalue weighted by molar-refractivity contribution is 6.05. The van der Waals surface area contributed by atoms with Crippen LogP contribution in [0.15, 0.2) is 24.3 Å². The summed E-state index contributed by atoms with van der Waals surface area (Å²) in [4.78, 5) is 37.7. The summed E-state index contributed by atoms with van der Waals surface area (Å²) in [5, 5.41) is 11.3. The third-order valence-corrected chi connectivity index (χ3v) is 4.42. The van der Waals surface area contributed by atoms with E-state index in [1.807, 2.05) is 24.3 Å². The van der Waals surface area contributed by atoms with Crippen LogP contribution in [0.25, 0.3) is 0 Å². The van der Waals surface area contributed by atoms with Gasteiger partial charge in [0.15, 0.2) is 0 Å². The Morgan fingerprint density at radius 3 is 2.22 bits per heavy atom. The second-order valence-electron chi connectivity index (χ2n) is 5.87. The van der Waals surface area contributed by atoms with Gasteiger partial charge in [-0.1, -0.05) is 0 Å². The van der Waals surface area contributed by atoms with E-state index >= 15 is 0 Å². The molecule has 1 aromatic rings. The maximum atomic E-state index is 11.8. The lowest BCUT2D eigenvalue weighted by atomic mass is 9.97. The first kappa shape index (κ1) is 15.3. The van der Waals surface area contributed by atoms with Crippen molar-refractivity contribution >= 4 is 29.3 Å². The van der Waals surface area contributed by atoms with E-state index in [9.17, 15) is 14.4 Å². The number of benzene rings is 1. The molecule has 0 saturated carbocycles. The minimum atomic E-state index is -0.717. The predicted molar refractivity (Wildman–Crippen MR) is 84.5 cm³/mol. The van der Waals surface area contributed by atoms with Crippen molar-refractivity contribution in [3.05, 3.63) is 24.3 Å². The number of imide groups is 1. The standard InChI is InChI=1S/C16H19N3O4/c20-14-7-10-19(16(23)17-14)13-3-1-12(2-4-13)18-8-5-11(6-9-18)15(21)22/h1-4,11H,5-10H2,(H,21,22)(H,17,20,23). The van der Waals surface area contributed by atoms with Crippen LogP contribution in [0, 0.1) is 5.92 Å². The van der Waals surface area contributed by atoms with Crippen molar-refractivity contribution in [1.82, 2.24) is 5.32 Å². The molecule has 2 heterocycles. The van der Waals surface area contributed by atoms with Crippen LogP contribution in [0.1, 0.15) is 19.3 Å². The molecule has 0 atom stereocenters. The zero-order chi connectivity index (χ0) is 16.4. The van der Waals surface area contributed by atoms with E-state index in [1.54, 1.807) is 4.90 Å². The van der Waals surface area contributed by atoms with Crippen LogP contribution >= 0.6 is 0 Å². The molecule has 7 nitrogen and oxygen atoms in total. The first-order valence-corrected chi connectivity index (χ1v) is 7.74. The Kier molecular flexibility index (Phi) is 4.18. The van der Waals surface area contributed by atoms with Gasteiger partial charge in [0, 0.05) is 37.4 Å². The maximum absolute atomic E-state index is 11.8. The van der Waals surface area contributed by atoms with Crippen molar-refractivity contribution in [3.8, 4) is 0 Å². The predicted octanol–water partition coefficient (Wildman–Crippen LogP) is 1.43. The lowest BCUT2D eigenvalue weighted by molar-refractivity contribution is -0.142. The number of nitrogens with zero attached hydrogens (tertiary/aromatic N) is 2. The van der Waals surface area contributed by atoms with E-state index in [0.29, 0.717) is 25.8 Å². The molecule has 3 rings (SSSR count). The number of nitrogens with one attached hydrogen (secondary N) is 1. The lowest BCUT2D eigenvalue weighted by Crippen LogP contribution is -2.49. The minimum absolute atomic E-state index is 0.246. The largest absolute Gasteiger partial charge is 0.481 e. The number of rotatable bonds is 3. The molecule has 0 radical (unpaired) electrons. The first-order valence-electron chi connectivity index (χ1n) is 7.74. The van der Waals surface area contributed by atoms with Gasteiger partial charge in [0.2, 0.25) is 5.91 Å². The molecule has 2 saturated heterocycles. The number of urea groups is 1. The molecule has 23 heavy (non-hydrogen) atoms. The third kappa shape index (κ3) is 3.28. The molecule has 1 aromatic carbocycles. The van der Waals surface area contributed by atoms with Gasteiger partial charge < -0.3 is 10.0 Å². The molecule has 0 bridgehead atoms. The van der Waals surface area contributed by atoms with Crippen LogP contribution in [0.2, 0.25) is 0 Å². The van der Waals surface area contributed by atoms with E-state index in [-0.39, 0.29) is 11.8 Å². The van der Waals surface area contributed by atoms with E-state index in [4.69, 9.17) is 5.11 Å². The number of carbonyl (C=O) groups is 3. The van der Waals surface area contributed by atoms with Crippen molar-refractivity contribution in [2.45, 2.75) is 19.3 Å². The molecule has 2 aliphatic rings. The number of hydrogen-bond acceptors (Lipinski definition) is 4. The van der Waals surface area contributed by atoms with Crippen molar-refractivity contribution in [2.75, 3.05) is 29.4 Å². The Hall–Kier alpha value is -2.57. The van der Waals surface area contributed by atoms with Crippen LogP contribution in [0.5, 0.6) is 0 Å². The minimum Gasteiger partial charge on any atom is -0.481 e. The van der Waals surface area contributed by atoms with E-state index in [0.717, 1.165) is 24.5 Å². The summed E-state index contributed by atoms with van der Waals surface area (Å²) in [6.07, 6.45) is 1.59. The quantitative estimate of drug-likeness (QED) is 0.880. The molecular formula is C16H19N3O4. The number of aliphatic carboxylic acids is 1. The van der Waals surface area contributed by atoms with Gasteiger partial charge in [-0.15, -0.1) is 0 Å². The summed E-state index contributed by atoms with van der Waals surface area (Å²) in [5.74, 6) is -1.21. The van der Waals surface area contributed by atoms with E-state index < -0.39 is 12.0 Å².